The molecule has 0 radical (unpaired) electrons. The van der Waals surface area contributed by atoms with Gasteiger partial charge in [-0.05, 0) is 60.6 Å². The molecule has 1 aromatic carbocycles. The van der Waals surface area contributed by atoms with Gasteiger partial charge in [0.25, 0.3) is 0 Å². The largest absolute Gasteiger partial charge is 0.310 e. The summed E-state index contributed by atoms with van der Waals surface area (Å²) >= 11 is 0. The molecule has 1 fully saturated rings. The highest BCUT2D eigenvalue weighted by Crippen LogP contribution is 2.45. The van der Waals surface area contributed by atoms with E-state index in [1.807, 2.05) is 0 Å². The van der Waals surface area contributed by atoms with Crippen molar-refractivity contribution < 1.29 is 0 Å². The fourth-order valence-corrected chi connectivity index (χ4v) is 4.17. The van der Waals surface area contributed by atoms with Crippen molar-refractivity contribution in [1.82, 2.24) is 5.32 Å². The molecule has 0 atom stereocenters. The lowest BCUT2D eigenvalue weighted by Gasteiger charge is -2.45. The van der Waals surface area contributed by atoms with Gasteiger partial charge in [-0.15, -0.1) is 0 Å². The van der Waals surface area contributed by atoms with Crippen LogP contribution in [0.15, 0.2) is 18.2 Å². The van der Waals surface area contributed by atoms with Crippen molar-refractivity contribution in [1.29, 1.82) is 0 Å². The first-order valence-corrected chi connectivity index (χ1v) is 7.96. The Morgan fingerprint density at radius 3 is 2.15 bits per heavy atom. The van der Waals surface area contributed by atoms with Crippen molar-refractivity contribution in [3.8, 4) is 0 Å². The van der Waals surface area contributed by atoms with E-state index in [2.05, 4.69) is 65.1 Å². The Morgan fingerprint density at radius 2 is 1.60 bits per heavy atom. The maximum atomic E-state index is 3.80. The molecule has 0 bridgehead atoms. The summed E-state index contributed by atoms with van der Waals surface area (Å²) in [5.41, 5.74) is 5.11. The maximum absolute atomic E-state index is 3.80. The molecule has 0 spiro atoms. The van der Waals surface area contributed by atoms with Gasteiger partial charge in [-0.25, -0.2) is 0 Å². The van der Waals surface area contributed by atoms with Crippen LogP contribution in [0.4, 0.5) is 0 Å². The average molecular weight is 273 g/mol. The minimum atomic E-state index is 0.461. The number of nitrogens with one attached hydrogen (secondary N) is 1. The van der Waals surface area contributed by atoms with Crippen LogP contribution in [-0.2, 0) is 6.54 Å². The lowest BCUT2D eigenvalue weighted by Crippen LogP contribution is -2.43. The van der Waals surface area contributed by atoms with Gasteiger partial charge in [0.2, 0.25) is 0 Å². The van der Waals surface area contributed by atoms with E-state index < -0.39 is 0 Å². The van der Waals surface area contributed by atoms with Crippen LogP contribution in [-0.4, -0.2) is 6.04 Å². The fraction of sp³-hybridized carbons (Fsp3) is 0.684. The molecule has 0 unspecified atom stereocenters. The normalized spacial score (nSPS) is 21.9. The van der Waals surface area contributed by atoms with Gasteiger partial charge in [-0.3, -0.25) is 0 Å². The van der Waals surface area contributed by atoms with Gasteiger partial charge < -0.3 is 5.32 Å². The minimum Gasteiger partial charge on any atom is -0.310 e. The molecular formula is C19H31N. The van der Waals surface area contributed by atoms with Crippen molar-refractivity contribution in [3.05, 3.63) is 34.9 Å². The first kappa shape index (κ1) is 15.6. The molecule has 1 aromatic rings. The van der Waals surface area contributed by atoms with E-state index in [1.165, 1.54) is 36.0 Å². The Bertz CT molecular complexity index is 455. The quantitative estimate of drug-likeness (QED) is 0.817. The predicted octanol–water partition coefficient (Wildman–Crippen LogP) is 5.00. The molecule has 0 amide bonds. The highest BCUT2D eigenvalue weighted by Gasteiger charge is 2.38. The summed E-state index contributed by atoms with van der Waals surface area (Å²) in [6.45, 7) is 15.0. The van der Waals surface area contributed by atoms with Gasteiger partial charge in [0, 0.05) is 12.6 Å². The molecule has 1 heteroatoms. The fourth-order valence-electron chi connectivity index (χ4n) is 4.17. The van der Waals surface area contributed by atoms with E-state index in [0.29, 0.717) is 16.9 Å². The highest BCUT2D eigenvalue weighted by atomic mass is 14.9. The second-order valence-electron chi connectivity index (χ2n) is 8.41. The lowest BCUT2D eigenvalue weighted by atomic mass is 9.63. The highest BCUT2D eigenvalue weighted by molar-refractivity contribution is 5.29. The van der Waals surface area contributed by atoms with E-state index in [0.717, 1.165) is 6.54 Å². The van der Waals surface area contributed by atoms with Gasteiger partial charge in [0.05, 0.1) is 0 Å². The van der Waals surface area contributed by atoms with E-state index >= 15 is 0 Å². The third kappa shape index (κ3) is 4.09. The third-order valence-electron chi connectivity index (χ3n) is 4.72. The zero-order valence-electron chi connectivity index (χ0n) is 14.1. The molecule has 1 N–H and O–H groups in total. The topological polar surface area (TPSA) is 12.0 Å². The maximum Gasteiger partial charge on any atom is 0.0208 e. The van der Waals surface area contributed by atoms with Crippen molar-refractivity contribution in [3.63, 3.8) is 0 Å². The first-order valence-electron chi connectivity index (χ1n) is 7.96. The van der Waals surface area contributed by atoms with Crippen LogP contribution in [0.2, 0.25) is 0 Å². The molecule has 0 heterocycles. The zero-order chi connectivity index (χ0) is 15.0. The second kappa shape index (κ2) is 5.52. The molecule has 20 heavy (non-hydrogen) atoms. The van der Waals surface area contributed by atoms with Crippen LogP contribution >= 0.6 is 0 Å². The summed E-state index contributed by atoms with van der Waals surface area (Å²) in [5.74, 6) is 0. The van der Waals surface area contributed by atoms with Crippen LogP contribution in [0.1, 0.15) is 63.6 Å². The Kier molecular flexibility index (Phi) is 4.30. The van der Waals surface area contributed by atoms with E-state index in [4.69, 9.17) is 0 Å². The van der Waals surface area contributed by atoms with Crippen LogP contribution in [0.3, 0.4) is 0 Å². The van der Waals surface area contributed by atoms with Crippen molar-refractivity contribution >= 4 is 0 Å². The van der Waals surface area contributed by atoms with Crippen LogP contribution in [0.25, 0.3) is 0 Å². The summed E-state index contributed by atoms with van der Waals surface area (Å²) in [6.07, 6.45) is 3.92. The summed E-state index contributed by atoms with van der Waals surface area (Å²) in [6, 6.07) is 7.46. The van der Waals surface area contributed by atoms with Gasteiger partial charge in [0.15, 0.2) is 0 Å². The lowest BCUT2D eigenvalue weighted by molar-refractivity contribution is 0.0845. The standard InChI is InChI=1S/C19H31N/c1-14-7-8-16(9-15(14)2)12-20-17-10-18(3,4)13-19(5,6)11-17/h7-9,17,20H,10-13H2,1-6H3. The van der Waals surface area contributed by atoms with Crippen molar-refractivity contribution in [2.45, 2.75) is 73.4 Å². The first-order chi connectivity index (χ1) is 9.17. The van der Waals surface area contributed by atoms with Crippen molar-refractivity contribution in [2.75, 3.05) is 0 Å². The van der Waals surface area contributed by atoms with E-state index in [1.54, 1.807) is 0 Å². The van der Waals surface area contributed by atoms with Crippen molar-refractivity contribution in [2.24, 2.45) is 10.8 Å². The Morgan fingerprint density at radius 1 is 1.00 bits per heavy atom. The van der Waals surface area contributed by atoms with Crippen LogP contribution in [0.5, 0.6) is 0 Å². The molecule has 0 aromatic heterocycles. The second-order valence-corrected chi connectivity index (χ2v) is 8.41. The van der Waals surface area contributed by atoms with Gasteiger partial charge in [-0.2, -0.15) is 0 Å². The van der Waals surface area contributed by atoms with E-state index in [-0.39, 0.29) is 0 Å². The van der Waals surface area contributed by atoms with Crippen LogP contribution in [0, 0.1) is 24.7 Å². The number of hydrogen-bond donors (Lipinski definition) is 1. The molecule has 112 valence electrons. The molecule has 0 saturated heterocycles. The predicted molar refractivity (Wildman–Crippen MR) is 88.0 cm³/mol. The zero-order valence-corrected chi connectivity index (χ0v) is 14.1. The molecule has 0 aliphatic heterocycles. The van der Waals surface area contributed by atoms with Crippen LogP contribution < -0.4 is 5.32 Å². The number of hydrogen-bond acceptors (Lipinski definition) is 1. The summed E-state index contributed by atoms with van der Waals surface area (Å²) in [5, 5.41) is 3.80. The van der Waals surface area contributed by atoms with E-state index in [9.17, 15) is 0 Å². The minimum absolute atomic E-state index is 0.461. The summed E-state index contributed by atoms with van der Waals surface area (Å²) in [7, 11) is 0. The molecule has 2 rings (SSSR count). The molecular weight excluding hydrogens is 242 g/mol. The number of benzene rings is 1. The van der Waals surface area contributed by atoms with Gasteiger partial charge in [0.1, 0.15) is 0 Å². The third-order valence-corrected chi connectivity index (χ3v) is 4.72. The monoisotopic (exact) mass is 273 g/mol. The summed E-state index contributed by atoms with van der Waals surface area (Å²) in [4.78, 5) is 0. The van der Waals surface area contributed by atoms with Gasteiger partial charge >= 0.3 is 0 Å². The Hall–Kier alpha value is -0.820. The van der Waals surface area contributed by atoms with Gasteiger partial charge in [-0.1, -0.05) is 45.9 Å². The number of aryl methyl sites for hydroxylation is 2. The Labute approximate surface area is 125 Å². The Balaban J connectivity index is 1.98. The molecule has 1 aliphatic carbocycles. The molecule has 1 aliphatic rings. The SMILES string of the molecule is Cc1ccc(CNC2CC(C)(C)CC(C)(C)C2)cc1C. The molecule has 1 nitrogen and oxygen atoms in total. The smallest absolute Gasteiger partial charge is 0.0208 e. The molecule has 1 saturated carbocycles. The average Bonchev–Trinajstić information content (AvgIpc) is 2.27. The summed E-state index contributed by atoms with van der Waals surface area (Å²) < 4.78 is 0. The number of rotatable bonds is 3.